The van der Waals surface area contributed by atoms with E-state index in [9.17, 15) is 64.2 Å². The third kappa shape index (κ3) is 16.3. The minimum atomic E-state index is -2.12. The number of aliphatic hydroxyl groups excluding tert-OH is 6. The highest BCUT2D eigenvalue weighted by Gasteiger charge is 2.50. The first-order valence-corrected chi connectivity index (χ1v) is 24.4. The van der Waals surface area contributed by atoms with Gasteiger partial charge in [-0.1, -0.05) is 52.7 Å². The number of nitrogens with zero attached hydrogens (tertiary/aromatic N) is 3. The van der Waals surface area contributed by atoms with E-state index in [4.69, 9.17) is 25.5 Å². The molecule has 0 radical (unpaired) electrons. The minimum absolute atomic E-state index is 0.0538. The Hall–Kier alpha value is -6.39. The zero-order valence-corrected chi connectivity index (χ0v) is 42.4. The Balaban J connectivity index is 1.58. The van der Waals surface area contributed by atoms with Gasteiger partial charge in [-0.25, -0.2) is 16.6 Å². The van der Waals surface area contributed by atoms with Gasteiger partial charge in [0, 0.05) is 44.8 Å². The zero-order chi connectivity index (χ0) is 55.3. The maximum atomic E-state index is 14.6. The van der Waals surface area contributed by atoms with Crippen LogP contribution in [0.15, 0.2) is 48.5 Å². The first-order valence-electron chi connectivity index (χ1n) is 23.7. The molecule has 0 spiro atoms. The van der Waals surface area contributed by atoms with Crippen molar-refractivity contribution in [3.05, 3.63) is 71.1 Å². The molecule has 0 aliphatic carbocycles. The molecule has 13 atom stereocenters. The van der Waals surface area contributed by atoms with Crippen molar-refractivity contribution in [1.29, 1.82) is 0 Å². The lowest BCUT2D eigenvalue weighted by molar-refractivity contribution is -0.433. The molecule has 3 saturated heterocycles. The summed E-state index contributed by atoms with van der Waals surface area (Å²) in [4.78, 5) is 104. The maximum Gasteiger partial charge on any atom is 0.408 e. The van der Waals surface area contributed by atoms with E-state index >= 15 is 0 Å². The van der Waals surface area contributed by atoms with Crippen LogP contribution in [0.25, 0.3) is 4.85 Å². The number of carbonyl (C=O) groups is 7. The molecule has 3 aliphatic rings. The van der Waals surface area contributed by atoms with Gasteiger partial charge in [0.25, 0.3) is 12.3 Å². The number of aliphatic hydroxyl groups is 6. The Morgan fingerprint density at radius 3 is 2.15 bits per heavy atom. The molecule has 0 saturated carbocycles. The van der Waals surface area contributed by atoms with Crippen molar-refractivity contribution >= 4 is 53.9 Å². The van der Waals surface area contributed by atoms with Crippen molar-refractivity contribution in [2.45, 2.75) is 139 Å². The topological polar surface area (TPSA) is 378 Å². The summed E-state index contributed by atoms with van der Waals surface area (Å²) < 4.78 is 21.1. The maximum absolute atomic E-state index is 14.6. The first-order chi connectivity index (χ1) is 35.4. The van der Waals surface area contributed by atoms with Gasteiger partial charge in [0.05, 0.1) is 30.5 Å². The predicted octanol–water partition coefficient (Wildman–Crippen LogP) is -2.41. The number of hydrogen-bond acceptors (Lipinski definition) is 20. The molecule has 0 aromatic heterocycles. The Morgan fingerprint density at radius 2 is 1.49 bits per heavy atom. The molecule has 2 aromatic carbocycles. The van der Waals surface area contributed by atoms with Gasteiger partial charge in [-0.3, -0.25) is 28.8 Å². The van der Waals surface area contributed by atoms with E-state index in [1.165, 1.54) is 45.9 Å². The summed E-state index contributed by atoms with van der Waals surface area (Å²) in [5, 5.41) is 91.6. The van der Waals surface area contributed by atoms with Crippen LogP contribution in [0.2, 0.25) is 0 Å². The van der Waals surface area contributed by atoms with Crippen molar-refractivity contribution in [1.82, 2.24) is 36.4 Å². The average molecular weight is 1080 g/mol. The van der Waals surface area contributed by atoms with E-state index in [-0.39, 0.29) is 42.5 Å². The van der Waals surface area contributed by atoms with E-state index in [2.05, 4.69) is 40.8 Å². The molecule has 3 heterocycles. The minimum Gasteiger partial charge on any atom is -0.485 e. The molecule has 7 amide bonds. The van der Waals surface area contributed by atoms with Gasteiger partial charge < -0.3 is 85.5 Å². The number of benzene rings is 2. The fourth-order valence-electron chi connectivity index (χ4n) is 8.59. The SMILES string of the molecule is [C-]#[N+]C[C@@H](O)[C@@H]1NC(=O)[C@H]([C@H](O)Cc2ccc(OCc3ccccc3)c(OSOOO)c2)NC(=O)[C@@H]2C[C@@H](O)CN2C(=O)[C@H]([C@@H](C)O)NC(=O)C(NC(=O)OC(C)(C)C)C[C@@H](O)CNC(=O)[C@@H]2[C@@H](O)[C@@H](C)CN2C1=O. The fraction of sp³-hybridized carbons (Fsp3) is 0.574. The third-order valence-corrected chi connectivity index (χ3v) is 12.6. The Bertz CT molecular complexity index is 2380. The molecule has 75 heavy (non-hydrogen) atoms. The lowest BCUT2D eigenvalue weighted by Gasteiger charge is -2.33. The van der Waals surface area contributed by atoms with Gasteiger partial charge in [0.15, 0.2) is 17.6 Å². The number of hydrogen-bond donors (Lipinski definition) is 12. The second-order valence-electron chi connectivity index (χ2n) is 19.4. The lowest BCUT2D eigenvalue weighted by atomic mass is 9.99. The molecular weight excluding hydrogens is 1010 g/mol. The number of alkyl carbamates (subject to hydrolysis) is 1. The van der Waals surface area contributed by atoms with Crippen LogP contribution in [-0.4, -0.2) is 192 Å². The Labute approximate surface area is 435 Å². The van der Waals surface area contributed by atoms with Crippen molar-refractivity contribution < 1.29 is 92.5 Å². The first kappa shape index (κ1) is 59.5. The number of carbonyl (C=O) groups excluding carboxylic acids is 7. The van der Waals surface area contributed by atoms with Gasteiger partial charge in [0.1, 0.15) is 48.5 Å². The van der Waals surface area contributed by atoms with Crippen molar-refractivity contribution in [2.75, 3.05) is 26.2 Å². The van der Waals surface area contributed by atoms with E-state index in [0.717, 1.165) is 22.3 Å². The second kappa shape index (κ2) is 26.9. The standard InChI is InChI=1S/C47H64N8O19S/c1-23-20-55-38(39(23)61)43(65)49-18-27(57)16-29(50-46(68)71-47(3,4)5)40(62)51-35(24(2)56)44(66)54-21-28(58)17-30(54)41(63)52-36(42(64)53-37(45(55)67)32(60)19-48-6)31(59)14-26-12-13-33(34(15-26)72-75-74-73-69)70-22-25-10-8-7-9-11-25/h7-13,15,23-24,27-32,35-39,56-61,69H,14,16-22H2,1-5H3,(H,49,65)(H,50,68)(H,51,62)(H,52,63)(H,53,64)/t23-,24+,27+,28+,29?,30-,31+,32+,35-,36-,37-,38-,39-/m0/s1. The molecule has 1 unspecified atom stereocenters. The molecule has 0 bridgehead atoms. The monoisotopic (exact) mass is 1080 g/mol. The molecule has 5 rings (SSSR count). The Kier molecular flexibility index (Phi) is 21.3. The van der Waals surface area contributed by atoms with E-state index in [0.29, 0.717) is 0 Å². The second-order valence-corrected chi connectivity index (χ2v) is 19.8. The van der Waals surface area contributed by atoms with Gasteiger partial charge in [-0.2, -0.15) is 0 Å². The Morgan fingerprint density at radius 1 is 0.827 bits per heavy atom. The van der Waals surface area contributed by atoms with Gasteiger partial charge in [-0.15, -0.1) is 0 Å². The molecule has 3 aliphatic heterocycles. The largest absolute Gasteiger partial charge is 0.485 e. The van der Waals surface area contributed by atoms with Crippen LogP contribution in [0.5, 0.6) is 11.5 Å². The van der Waals surface area contributed by atoms with Crippen LogP contribution in [0.3, 0.4) is 0 Å². The van der Waals surface area contributed by atoms with Gasteiger partial charge in [-0.05, 0) is 51.0 Å². The molecule has 27 nitrogen and oxygen atoms in total. The van der Waals surface area contributed by atoms with Crippen LogP contribution in [0.4, 0.5) is 4.79 Å². The predicted molar refractivity (Wildman–Crippen MR) is 258 cm³/mol. The normalized spacial score (nSPS) is 27.7. The summed E-state index contributed by atoms with van der Waals surface area (Å²) in [5.41, 5.74) is -0.113. The van der Waals surface area contributed by atoms with E-state index in [1.807, 2.05) is 6.07 Å². The van der Waals surface area contributed by atoms with Crippen molar-refractivity contribution in [3.63, 3.8) is 0 Å². The zero-order valence-electron chi connectivity index (χ0n) is 41.6. The number of nitrogens with one attached hydrogen (secondary N) is 5. The molecule has 2 aromatic rings. The lowest BCUT2D eigenvalue weighted by Crippen LogP contribution is -2.64. The summed E-state index contributed by atoms with van der Waals surface area (Å²) in [6.07, 6.45) is -13.2. The van der Waals surface area contributed by atoms with Crippen LogP contribution in [0, 0.1) is 12.5 Å². The van der Waals surface area contributed by atoms with Gasteiger partial charge >= 0.3 is 6.09 Å². The molecule has 3 fully saturated rings. The van der Waals surface area contributed by atoms with Crippen LogP contribution in [-0.2, 0) is 55.9 Å². The smallest absolute Gasteiger partial charge is 0.408 e. The summed E-state index contributed by atoms with van der Waals surface area (Å²) in [5.74, 6) is -7.80. The van der Waals surface area contributed by atoms with E-state index in [1.54, 1.807) is 24.3 Å². The third-order valence-electron chi connectivity index (χ3n) is 12.3. The van der Waals surface area contributed by atoms with Gasteiger partial charge in [0.2, 0.25) is 42.0 Å². The number of ether oxygens (including phenoxy) is 2. The van der Waals surface area contributed by atoms with Crippen LogP contribution in [0.1, 0.15) is 58.6 Å². The summed E-state index contributed by atoms with van der Waals surface area (Å²) >= 11 is 0.171. The number of fused-ring (bicyclic) bond motifs is 2. The summed E-state index contributed by atoms with van der Waals surface area (Å²) in [7, 11) is 0. The summed E-state index contributed by atoms with van der Waals surface area (Å²) in [6.45, 7) is 12.3. The van der Waals surface area contributed by atoms with Crippen LogP contribution >= 0.6 is 12.3 Å². The highest BCUT2D eigenvalue weighted by molar-refractivity contribution is 7.90. The van der Waals surface area contributed by atoms with E-state index < -0.39 is 165 Å². The number of amides is 7. The molecular formula is C47H64N8O19S. The van der Waals surface area contributed by atoms with Crippen molar-refractivity contribution in [3.8, 4) is 11.5 Å². The summed E-state index contributed by atoms with van der Waals surface area (Å²) in [6, 6.07) is 1.95. The molecule has 412 valence electrons. The fourth-order valence-corrected chi connectivity index (χ4v) is 8.84. The van der Waals surface area contributed by atoms with Crippen LogP contribution < -0.4 is 35.5 Å². The number of rotatable bonds is 14. The molecule has 12 N–H and O–H groups in total. The number of β-amino-alcohol motifs (C(OH)–C–C–N with tert-alkyl or cyclic N) is 1. The van der Waals surface area contributed by atoms with Crippen molar-refractivity contribution in [2.24, 2.45) is 5.92 Å². The average Bonchev–Trinajstić information content (AvgIpc) is 3.89. The quantitative estimate of drug-likeness (QED) is 0.0308. The highest BCUT2D eigenvalue weighted by atomic mass is 32.2. The highest BCUT2D eigenvalue weighted by Crippen LogP contribution is 2.33. The molecule has 28 heteroatoms.